The van der Waals surface area contributed by atoms with Gasteiger partial charge >= 0.3 is 0 Å². The van der Waals surface area contributed by atoms with Crippen LogP contribution in [0.5, 0.6) is 0 Å². The van der Waals surface area contributed by atoms with Gasteiger partial charge in [-0.25, -0.2) is 0 Å². The van der Waals surface area contributed by atoms with Gasteiger partial charge in [0.25, 0.3) is 5.91 Å². The number of halogens is 1. The number of hydrogen-bond donors (Lipinski definition) is 0. The summed E-state index contributed by atoms with van der Waals surface area (Å²) in [5.41, 5.74) is 0.579. The first-order chi connectivity index (χ1) is 14.6. The molecule has 0 spiro atoms. The fourth-order valence-electron chi connectivity index (χ4n) is 3.79. The molecule has 7 heteroatoms. The lowest BCUT2D eigenvalue weighted by molar-refractivity contribution is -0.138. The molecule has 1 saturated heterocycles. The summed E-state index contributed by atoms with van der Waals surface area (Å²) in [7, 11) is 0. The summed E-state index contributed by atoms with van der Waals surface area (Å²) < 4.78 is 10.9. The second-order valence-electron chi connectivity index (χ2n) is 7.45. The fraction of sp³-hybridized carbons (Fsp3) is 0.304. The van der Waals surface area contributed by atoms with Crippen LogP contribution in [0.1, 0.15) is 34.7 Å². The SMILES string of the molecule is O=C(c1ccc(Cl)cc1)N1CCC[C@H](C(=O)N(Cc2ccco2)Cc2ccco2)C1. The van der Waals surface area contributed by atoms with Crippen molar-refractivity contribution in [2.45, 2.75) is 25.9 Å². The van der Waals surface area contributed by atoms with Crippen molar-refractivity contribution in [2.24, 2.45) is 5.92 Å². The van der Waals surface area contributed by atoms with Crippen molar-refractivity contribution in [2.75, 3.05) is 13.1 Å². The molecule has 4 rings (SSSR count). The van der Waals surface area contributed by atoms with Gasteiger partial charge in [-0.15, -0.1) is 0 Å². The lowest BCUT2D eigenvalue weighted by Crippen LogP contribution is -2.46. The summed E-state index contributed by atoms with van der Waals surface area (Å²) in [6.45, 7) is 1.75. The van der Waals surface area contributed by atoms with Crippen LogP contribution in [0.25, 0.3) is 0 Å². The molecule has 2 aromatic heterocycles. The molecule has 0 unspecified atom stereocenters. The third-order valence-corrected chi connectivity index (χ3v) is 5.57. The first kappa shape index (κ1) is 20.3. The Hall–Kier alpha value is -2.99. The number of carbonyl (C=O) groups is 2. The molecular weight excluding hydrogens is 404 g/mol. The highest BCUT2D eigenvalue weighted by Crippen LogP contribution is 2.23. The summed E-state index contributed by atoms with van der Waals surface area (Å²) >= 11 is 5.93. The van der Waals surface area contributed by atoms with E-state index in [2.05, 4.69) is 0 Å². The quantitative estimate of drug-likeness (QED) is 0.577. The average molecular weight is 427 g/mol. The van der Waals surface area contributed by atoms with Crippen molar-refractivity contribution in [3.05, 3.63) is 83.2 Å². The van der Waals surface area contributed by atoms with E-state index < -0.39 is 0 Å². The first-order valence-electron chi connectivity index (χ1n) is 9.98. The minimum absolute atomic E-state index is 0.00333. The van der Waals surface area contributed by atoms with Crippen molar-refractivity contribution >= 4 is 23.4 Å². The molecule has 0 saturated carbocycles. The Labute approximate surface area is 180 Å². The summed E-state index contributed by atoms with van der Waals surface area (Å²) in [6.07, 6.45) is 4.72. The molecule has 0 radical (unpaired) electrons. The van der Waals surface area contributed by atoms with Crippen molar-refractivity contribution in [3.63, 3.8) is 0 Å². The van der Waals surface area contributed by atoms with E-state index in [4.69, 9.17) is 20.4 Å². The monoisotopic (exact) mass is 426 g/mol. The number of benzene rings is 1. The Morgan fingerprint density at radius 1 is 1.00 bits per heavy atom. The van der Waals surface area contributed by atoms with Gasteiger partial charge in [0.1, 0.15) is 11.5 Å². The van der Waals surface area contributed by atoms with E-state index in [0.29, 0.717) is 48.3 Å². The smallest absolute Gasteiger partial charge is 0.253 e. The maximum absolute atomic E-state index is 13.4. The topological polar surface area (TPSA) is 66.9 Å². The number of likely N-dealkylation sites (tertiary alicyclic amines) is 1. The van der Waals surface area contributed by atoms with Crippen LogP contribution in [0.3, 0.4) is 0 Å². The zero-order valence-corrected chi connectivity index (χ0v) is 17.3. The van der Waals surface area contributed by atoms with E-state index >= 15 is 0 Å². The van der Waals surface area contributed by atoms with Gasteiger partial charge in [0.15, 0.2) is 0 Å². The summed E-state index contributed by atoms with van der Waals surface area (Å²) in [6, 6.07) is 14.1. The standard InChI is InChI=1S/C23H23ClN2O4/c24-19-9-7-17(8-10-19)22(27)25-11-1-4-18(14-25)23(28)26(15-20-5-2-12-29-20)16-21-6-3-13-30-21/h2-3,5-10,12-13,18H,1,4,11,14-16H2/t18-/m0/s1. The maximum Gasteiger partial charge on any atom is 0.253 e. The molecule has 156 valence electrons. The number of piperidine rings is 1. The molecule has 6 nitrogen and oxygen atoms in total. The van der Waals surface area contributed by atoms with Gasteiger partial charge in [0.2, 0.25) is 5.91 Å². The van der Waals surface area contributed by atoms with E-state index in [1.54, 1.807) is 58.7 Å². The predicted octanol–water partition coefficient (Wildman–Crippen LogP) is 4.61. The van der Waals surface area contributed by atoms with E-state index in [1.807, 2.05) is 12.1 Å². The van der Waals surface area contributed by atoms with Gasteiger partial charge < -0.3 is 18.6 Å². The molecule has 0 N–H and O–H groups in total. The molecule has 1 aliphatic rings. The van der Waals surface area contributed by atoms with Crippen LogP contribution in [-0.4, -0.2) is 34.7 Å². The Bertz CT molecular complexity index is 931. The van der Waals surface area contributed by atoms with Crippen LogP contribution in [0.4, 0.5) is 0 Å². The lowest BCUT2D eigenvalue weighted by Gasteiger charge is -2.34. The molecule has 1 aromatic carbocycles. The van der Waals surface area contributed by atoms with Gasteiger partial charge in [0, 0.05) is 23.7 Å². The highest BCUT2D eigenvalue weighted by Gasteiger charge is 2.32. The van der Waals surface area contributed by atoms with Gasteiger partial charge in [0.05, 0.1) is 31.5 Å². The molecule has 0 bridgehead atoms. The third-order valence-electron chi connectivity index (χ3n) is 5.31. The molecule has 1 aliphatic heterocycles. The highest BCUT2D eigenvalue weighted by atomic mass is 35.5. The van der Waals surface area contributed by atoms with Crippen LogP contribution < -0.4 is 0 Å². The van der Waals surface area contributed by atoms with Crippen molar-refractivity contribution < 1.29 is 18.4 Å². The molecule has 3 aromatic rings. The van der Waals surface area contributed by atoms with Gasteiger partial charge in [-0.2, -0.15) is 0 Å². The maximum atomic E-state index is 13.4. The zero-order chi connectivity index (χ0) is 20.9. The largest absolute Gasteiger partial charge is 0.467 e. The van der Waals surface area contributed by atoms with Crippen LogP contribution >= 0.6 is 11.6 Å². The number of nitrogens with zero attached hydrogens (tertiary/aromatic N) is 2. The second-order valence-corrected chi connectivity index (χ2v) is 7.89. The van der Waals surface area contributed by atoms with Crippen molar-refractivity contribution in [1.29, 1.82) is 0 Å². The highest BCUT2D eigenvalue weighted by molar-refractivity contribution is 6.30. The van der Waals surface area contributed by atoms with Crippen LogP contribution in [0.15, 0.2) is 69.9 Å². The molecular formula is C23H23ClN2O4. The van der Waals surface area contributed by atoms with Crippen LogP contribution in [0, 0.1) is 5.92 Å². The Morgan fingerprint density at radius 3 is 2.20 bits per heavy atom. The Balaban J connectivity index is 1.47. The summed E-state index contributed by atoms with van der Waals surface area (Å²) in [4.78, 5) is 29.8. The molecule has 1 atom stereocenters. The second kappa shape index (κ2) is 9.22. The van der Waals surface area contributed by atoms with E-state index in [-0.39, 0.29) is 17.7 Å². The van der Waals surface area contributed by atoms with Crippen molar-refractivity contribution in [3.8, 4) is 0 Å². The number of carbonyl (C=O) groups excluding carboxylic acids is 2. The average Bonchev–Trinajstić information content (AvgIpc) is 3.47. The zero-order valence-electron chi connectivity index (χ0n) is 16.5. The minimum Gasteiger partial charge on any atom is -0.467 e. The number of amides is 2. The van der Waals surface area contributed by atoms with E-state index in [9.17, 15) is 9.59 Å². The normalized spacial score (nSPS) is 16.4. The number of furan rings is 2. The van der Waals surface area contributed by atoms with E-state index in [0.717, 1.165) is 12.8 Å². The number of hydrogen-bond acceptors (Lipinski definition) is 4. The number of rotatable bonds is 6. The fourth-order valence-corrected chi connectivity index (χ4v) is 3.92. The molecule has 2 amide bonds. The minimum atomic E-state index is -0.264. The molecule has 0 aliphatic carbocycles. The molecule has 3 heterocycles. The van der Waals surface area contributed by atoms with Crippen LogP contribution in [-0.2, 0) is 17.9 Å². The first-order valence-corrected chi connectivity index (χ1v) is 10.4. The van der Waals surface area contributed by atoms with Crippen LogP contribution in [0.2, 0.25) is 5.02 Å². The third kappa shape index (κ3) is 4.76. The summed E-state index contributed by atoms with van der Waals surface area (Å²) in [5, 5.41) is 0.588. The molecule has 1 fully saturated rings. The molecule has 30 heavy (non-hydrogen) atoms. The summed E-state index contributed by atoms with van der Waals surface area (Å²) in [5.74, 6) is 1.07. The van der Waals surface area contributed by atoms with Gasteiger partial charge in [-0.1, -0.05) is 11.6 Å². The Kier molecular flexibility index (Phi) is 6.23. The predicted molar refractivity (Wildman–Crippen MR) is 112 cm³/mol. The lowest BCUT2D eigenvalue weighted by atomic mass is 9.95. The van der Waals surface area contributed by atoms with Crippen molar-refractivity contribution in [1.82, 2.24) is 9.80 Å². The van der Waals surface area contributed by atoms with Gasteiger partial charge in [-0.3, -0.25) is 9.59 Å². The Morgan fingerprint density at radius 2 is 1.63 bits per heavy atom. The van der Waals surface area contributed by atoms with E-state index in [1.165, 1.54) is 0 Å². The van der Waals surface area contributed by atoms with Gasteiger partial charge in [-0.05, 0) is 61.4 Å².